The molecule has 0 amide bonds. The van der Waals surface area contributed by atoms with E-state index in [0.717, 1.165) is 12.5 Å². The van der Waals surface area contributed by atoms with Crippen molar-refractivity contribution < 1.29 is 0 Å². The number of hydrogen-bond acceptors (Lipinski definition) is 2. The highest BCUT2D eigenvalue weighted by atomic mass is 15.1. The fraction of sp³-hybridized carbons (Fsp3) is 1.00. The van der Waals surface area contributed by atoms with E-state index in [1.165, 1.54) is 51.9 Å². The summed E-state index contributed by atoms with van der Waals surface area (Å²) >= 11 is 0. The van der Waals surface area contributed by atoms with Gasteiger partial charge in [-0.2, -0.15) is 0 Å². The average molecular weight is 198 g/mol. The Morgan fingerprint density at radius 1 is 1.14 bits per heavy atom. The summed E-state index contributed by atoms with van der Waals surface area (Å²) in [6.45, 7) is 10.4. The third-order valence-corrected chi connectivity index (χ3v) is 3.16. The Morgan fingerprint density at radius 3 is 2.43 bits per heavy atom. The zero-order valence-corrected chi connectivity index (χ0v) is 9.89. The number of hydrogen-bond donors (Lipinski definition) is 1. The minimum atomic E-state index is 1.10. The summed E-state index contributed by atoms with van der Waals surface area (Å²) < 4.78 is 0. The molecule has 0 radical (unpaired) electrons. The first-order valence-corrected chi connectivity index (χ1v) is 6.29. The largest absolute Gasteiger partial charge is 0.315 e. The van der Waals surface area contributed by atoms with Gasteiger partial charge in [-0.1, -0.05) is 26.7 Å². The monoisotopic (exact) mass is 198 g/mol. The molecule has 1 rings (SSSR count). The highest BCUT2D eigenvalue weighted by Gasteiger charge is 2.19. The minimum absolute atomic E-state index is 1.10. The van der Waals surface area contributed by atoms with Crippen molar-refractivity contribution in [1.29, 1.82) is 0 Å². The lowest BCUT2D eigenvalue weighted by Gasteiger charge is -2.17. The van der Waals surface area contributed by atoms with Crippen LogP contribution in [0.2, 0.25) is 0 Å². The van der Waals surface area contributed by atoms with Gasteiger partial charge in [0, 0.05) is 13.1 Å². The molecular weight excluding hydrogens is 172 g/mol. The van der Waals surface area contributed by atoms with Crippen LogP contribution in [0.4, 0.5) is 0 Å². The molecule has 1 saturated carbocycles. The highest BCUT2D eigenvalue weighted by molar-refractivity contribution is 4.72. The van der Waals surface area contributed by atoms with Gasteiger partial charge in [0.05, 0.1) is 0 Å². The Bertz CT molecular complexity index is 128. The Balaban J connectivity index is 1.78. The molecule has 0 aromatic heterocycles. The average Bonchev–Trinajstić information content (AvgIpc) is 3.01. The Labute approximate surface area is 89.1 Å². The van der Waals surface area contributed by atoms with Gasteiger partial charge in [-0.15, -0.1) is 0 Å². The zero-order valence-electron chi connectivity index (χ0n) is 9.89. The summed E-state index contributed by atoms with van der Waals surface area (Å²) in [5, 5.41) is 3.53. The van der Waals surface area contributed by atoms with Crippen LogP contribution in [-0.2, 0) is 0 Å². The first-order valence-electron chi connectivity index (χ1n) is 6.29. The second-order valence-corrected chi connectivity index (χ2v) is 4.36. The minimum Gasteiger partial charge on any atom is -0.315 e. The molecule has 1 fully saturated rings. The van der Waals surface area contributed by atoms with Crippen molar-refractivity contribution in [2.24, 2.45) is 5.92 Å². The molecule has 0 aromatic carbocycles. The SMILES string of the molecule is CCN(CC)CCNCCCC1CC1. The van der Waals surface area contributed by atoms with E-state index < -0.39 is 0 Å². The smallest absolute Gasteiger partial charge is 0.0107 e. The molecule has 0 heterocycles. The lowest BCUT2D eigenvalue weighted by atomic mass is 10.2. The predicted molar refractivity (Wildman–Crippen MR) is 62.6 cm³/mol. The third-order valence-electron chi connectivity index (χ3n) is 3.16. The van der Waals surface area contributed by atoms with Crippen molar-refractivity contribution in [3.63, 3.8) is 0 Å². The molecule has 0 aromatic rings. The van der Waals surface area contributed by atoms with Crippen LogP contribution in [-0.4, -0.2) is 37.6 Å². The molecule has 0 aliphatic heterocycles. The summed E-state index contributed by atoms with van der Waals surface area (Å²) in [4.78, 5) is 2.47. The zero-order chi connectivity index (χ0) is 10.2. The summed E-state index contributed by atoms with van der Waals surface area (Å²) in [5.74, 6) is 1.10. The van der Waals surface area contributed by atoms with Gasteiger partial charge in [-0.05, 0) is 38.4 Å². The summed E-state index contributed by atoms with van der Waals surface area (Å²) in [6.07, 6.45) is 5.83. The lowest BCUT2D eigenvalue weighted by molar-refractivity contribution is 0.302. The van der Waals surface area contributed by atoms with E-state index in [4.69, 9.17) is 0 Å². The maximum absolute atomic E-state index is 3.53. The predicted octanol–water partition coefficient (Wildman–Crippen LogP) is 2.11. The van der Waals surface area contributed by atoms with Crippen LogP contribution in [0.25, 0.3) is 0 Å². The molecular formula is C12H26N2. The second-order valence-electron chi connectivity index (χ2n) is 4.36. The fourth-order valence-electron chi connectivity index (χ4n) is 1.82. The van der Waals surface area contributed by atoms with Gasteiger partial charge in [0.2, 0.25) is 0 Å². The van der Waals surface area contributed by atoms with Crippen LogP contribution in [0.3, 0.4) is 0 Å². The molecule has 1 N–H and O–H groups in total. The molecule has 0 unspecified atom stereocenters. The number of nitrogens with one attached hydrogen (secondary N) is 1. The molecule has 14 heavy (non-hydrogen) atoms. The van der Waals surface area contributed by atoms with Gasteiger partial charge in [0.1, 0.15) is 0 Å². The molecule has 0 bridgehead atoms. The third kappa shape index (κ3) is 5.61. The van der Waals surface area contributed by atoms with Crippen molar-refractivity contribution in [2.45, 2.75) is 39.5 Å². The van der Waals surface area contributed by atoms with Crippen molar-refractivity contribution in [2.75, 3.05) is 32.7 Å². The molecule has 1 aliphatic carbocycles. The van der Waals surface area contributed by atoms with Crippen LogP contribution in [0.15, 0.2) is 0 Å². The van der Waals surface area contributed by atoms with E-state index >= 15 is 0 Å². The van der Waals surface area contributed by atoms with Gasteiger partial charge in [-0.3, -0.25) is 0 Å². The van der Waals surface area contributed by atoms with Crippen molar-refractivity contribution in [1.82, 2.24) is 10.2 Å². The van der Waals surface area contributed by atoms with Crippen LogP contribution in [0.5, 0.6) is 0 Å². The summed E-state index contributed by atoms with van der Waals surface area (Å²) in [5.41, 5.74) is 0. The molecule has 0 spiro atoms. The van der Waals surface area contributed by atoms with Gasteiger partial charge < -0.3 is 10.2 Å². The maximum Gasteiger partial charge on any atom is 0.0107 e. The van der Waals surface area contributed by atoms with Crippen LogP contribution < -0.4 is 5.32 Å². The van der Waals surface area contributed by atoms with Gasteiger partial charge >= 0.3 is 0 Å². The molecule has 84 valence electrons. The van der Waals surface area contributed by atoms with E-state index in [1.807, 2.05) is 0 Å². The topological polar surface area (TPSA) is 15.3 Å². The van der Waals surface area contributed by atoms with E-state index in [-0.39, 0.29) is 0 Å². The van der Waals surface area contributed by atoms with Gasteiger partial charge in [0.25, 0.3) is 0 Å². The quantitative estimate of drug-likeness (QED) is 0.571. The van der Waals surface area contributed by atoms with Gasteiger partial charge in [-0.25, -0.2) is 0 Å². The maximum atomic E-state index is 3.53. The number of nitrogens with zero attached hydrogens (tertiary/aromatic N) is 1. The summed E-state index contributed by atoms with van der Waals surface area (Å²) in [6, 6.07) is 0. The normalized spacial score (nSPS) is 16.5. The van der Waals surface area contributed by atoms with E-state index in [0.29, 0.717) is 0 Å². The Morgan fingerprint density at radius 2 is 1.86 bits per heavy atom. The van der Waals surface area contributed by atoms with Gasteiger partial charge in [0.15, 0.2) is 0 Å². The van der Waals surface area contributed by atoms with Crippen molar-refractivity contribution in [3.05, 3.63) is 0 Å². The molecule has 2 nitrogen and oxygen atoms in total. The highest BCUT2D eigenvalue weighted by Crippen LogP contribution is 2.33. The van der Waals surface area contributed by atoms with E-state index in [9.17, 15) is 0 Å². The standard InChI is InChI=1S/C12H26N2/c1-3-14(4-2)11-10-13-9-5-6-12-7-8-12/h12-13H,3-11H2,1-2H3. The number of rotatable bonds is 9. The van der Waals surface area contributed by atoms with Crippen LogP contribution in [0.1, 0.15) is 39.5 Å². The van der Waals surface area contributed by atoms with Crippen LogP contribution >= 0.6 is 0 Å². The van der Waals surface area contributed by atoms with Crippen LogP contribution in [0, 0.1) is 5.92 Å². The van der Waals surface area contributed by atoms with Crippen molar-refractivity contribution in [3.8, 4) is 0 Å². The lowest BCUT2D eigenvalue weighted by Crippen LogP contribution is -2.32. The first kappa shape index (κ1) is 12.0. The molecule has 0 saturated heterocycles. The molecule has 2 heteroatoms. The van der Waals surface area contributed by atoms with E-state index in [1.54, 1.807) is 0 Å². The fourth-order valence-corrected chi connectivity index (χ4v) is 1.82. The molecule has 1 aliphatic rings. The summed E-state index contributed by atoms with van der Waals surface area (Å²) in [7, 11) is 0. The number of likely N-dealkylation sites (N-methyl/N-ethyl adjacent to an activating group) is 1. The molecule has 0 atom stereocenters. The van der Waals surface area contributed by atoms with Crippen molar-refractivity contribution >= 4 is 0 Å². The first-order chi connectivity index (χ1) is 6.86. The second kappa shape index (κ2) is 7.24. The Hall–Kier alpha value is -0.0800. The Kier molecular flexibility index (Phi) is 6.20. The van der Waals surface area contributed by atoms with E-state index in [2.05, 4.69) is 24.1 Å².